The van der Waals surface area contributed by atoms with Crippen molar-refractivity contribution in [3.8, 4) is 11.4 Å². The molecule has 0 aromatic carbocycles. The maximum Gasteiger partial charge on any atom is 0.225 e. The summed E-state index contributed by atoms with van der Waals surface area (Å²) in [5.74, 6) is 2.02. The number of nitrogens with zero attached hydrogens (tertiary/aromatic N) is 7. The zero-order chi connectivity index (χ0) is 22.5. The summed E-state index contributed by atoms with van der Waals surface area (Å²) in [5, 5.41) is 4.70. The Morgan fingerprint density at radius 1 is 0.939 bits per heavy atom. The number of hydrogen-bond donors (Lipinski definition) is 0. The van der Waals surface area contributed by atoms with E-state index in [0.717, 1.165) is 61.0 Å². The molecule has 166 valence electrons. The Morgan fingerprint density at radius 3 is 2.33 bits per heavy atom. The Hall–Kier alpha value is -3.81. The summed E-state index contributed by atoms with van der Waals surface area (Å²) in [6.07, 6.45) is 4.62. The third-order valence-electron chi connectivity index (χ3n) is 6.78. The van der Waals surface area contributed by atoms with Crippen molar-refractivity contribution in [2.24, 2.45) is 11.8 Å². The van der Waals surface area contributed by atoms with E-state index < -0.39 is 0 Å². The molecule has 33 heavy (non-hydrogen) atoms. The van der Waals surface area contributed by atoms with E-state index >= 15 is 0 Å². The SMILES string of the molecule is Cc1cc(C)nc(N2C[C@H]3CN(c4ccc5c(C=O)c(-c6ccccn6)nn5c4)C[C@H]3C2)n1. The lowest BCUT2D eigenvalue weighted by Crippen LogP contribution is -2.30. The second kappa shape index (κ2) is 7.65. The van der Waals surface area contributed by atoms with Gasteiger partial charge in [0.05, 0.1) is 28.7 Å². The van der Waals surface area contributed by atoms with E-state index in [1.54, 1.807) is 6.20 Å². The predicted octanol–water partition coefficient (Wildman–Crippen LogP) is 3.19. The average Bonchev–Trinajstić information content (AvgIpc) is 3.49. The van der Waals surface area contributed by atoms with Gasteiger partial charge in [-0.3, -0.25) is 9.78 Å². The van der Waals surface area contributed by atoms with E-state index in [4.69, 9.17) is 5.10 Å². The molecule has 2 fully saturated rings. The molecule has 8 heteroatoms. The van der Waals surface area contributed by atoms with Gasteiger partial charge < -0.3 is 9.80 Å². The fourth-order valence-electron chi connectivity index (χ4n) is 5.27. The fraction of sp³-hybridized carbons (Fsp3) is 0.320. The first-order valence-electron chi connectivity index (χ1n) is 11.3. The quantitative estimate of drug-likeness (QED) is 0.452. The molecule has 0 radical (unpaired) electrons. The third-order valence-corrected chi connectivity index (χ3v) is 6.78. The van der Waals surface area contributed by atoms with Crippen LogP contribution >= 0.6 is 0 Å². The van der Waals surface area contributed by atoms with Crippen LogP contribution in [0.1, 0.15) is 21.7 Å². The molecule has 6 heterocycles. The number of anilines is 2. The molecular weight excluding hydrogens is 414 g/mol. The molecule has 2 saturated heterocycles. The second-order valence-corrected chi connectivity index (χ2v) is 9.09. The first kappa shape index (κ1) is 19.8. The van der Waals surface area contributed by atoms with E-state index in [-0.39, 0.29) is 0 Å². The molecule has 4 aromatic rings. The molecule has 0 saturated carbocycles. The van der Waals surface area contributed by atoms with Gasteiger partial charge in [0, 0.05) is 55.6 Å². The van der Waals surface area contributed by atoms with Gasteiger partial charge in [-0.1, -0.05) is 6.07 Å². The zero-order valence-corrected chi connectivity index (χ0v) is 18.7. The van der Waals surface area contributed by atoms with Crippen LogP contribution in [0.4, 0.5) is 11.6 Å². The Balaban J connectivity index is 1.24. The average molecular weight is 440 g/mol. The summed E-state index contributed by atoms with van der Waals surface area (Å²) < 4.78 is 1.81. The highest BCUT2D eigenvalue weighted by atomic mass is 16.1. The minimum Gasteiger partial charge on any atom is -0.370 e. The van der Waals surface area contributed by atoms with Gasteiger partial charge in [0.1, 0.15) is 5.69 Å². The predicted molar refractivity (Wildman–Crippen MR) is 127 cm³/mol. The van der Waals surface area contributed by atoms with E-state index in [0.29, 0.717) is 28.8 Å². The van der Waals surface area contributed by atoms with Crippen molar-refractivity contribution >= 4 is 23.4 Å². The summed E-state index contributed by atoms with van der Waals surface area (Å²) in [6.45, 7) is 7.99. The molecule has 0 amide bonds. The Morgan fingerprint density at radius 2 is 1.67 bits per heavy atom. The molecule has 0 aliphatic carbocycles. The van der Waals surface area contributed by atoms with Gasteiger partial charge in [-0.25, -0.2) is 14.5 Å². The lowest BCUT2D eigenvalue weighted by atomic mass is 10.0. The minimum atomic E-state index is 0.572. The van der Waals surface area contributed by atoms with Crippen molar-refractivity contribution in [1.82, 2.24) is 24.6 Å². The fourth-order valence-corrected chi connectivity index (χ4v) is 5.27. The van der Waals surface area contributed by atoms with E-state index in [1.807, 2.05) is 54.9 Å². The van der Waals surface area contributed by atoms with E-state index in [1.165, 1.54) is 0 Å². The summed E-state index contributed by atoms with van der Waals surface area (Å²) in [5.41, 5.74) is 5.85. The van der Waals surface area contributed by atoms with Gasteiger partial charge in [0.25, 0.3) is 0 Å². The largest absolute Gasteiger partial charge is 0.370 e. The smallest absolute Gasteiger partial charge is 0.225 e. The summed E-state index contributed by atoms with van der Waals surface area (Å²) >= 11 is 0. The van der Waals surface area contributed by atoms with Gasteiger partial charge in [-0.2, -0.15) is 5.10 Å². The van der Waals surface area contributed by atoms with Gasteiger partial charge >= 0.3 is 0 Å². The topological polar surface area (TPSA) is 79.5 Å². The summed E-state index contributed by atoms with van der Waals surface area (Å²) in [6, 6.07) is 11.7. The first-order chi connectivity index (χ1) is 16.1. The van der Waals surface area contributed by atoms with Crippen molar-refractivity contribution in [3.63, 3.8) is 0 Å². The molecule has 0 N–H and O–H groups in total. The van der Waals surface area contributed by atoms with Crippen LogP contribution in [0.3, 0.4) is 0 Å². The van der Waals surface area contributed by atoms with Gasteiger partial charge in [0.15, 0.2) is 6.29 Å². The standard InChI is InChI=1S/C25H25N7O/c1-16-9-17(2)28-25(27-16)31-12-18-10-30(11-19(18)13-31)20-6-7-23-21(15-33)24(29-32(23)14-20)22-5-3-4-8-26-22/h3-9,14-15,18-19H,10-13H2,1-2H3/t18-,19+. The summed E-state index contributed by atoms with van der Waals surface area (Å²) in [4.78, 5) is 30.3. The lowest BCUT2D eigenvalue weighted by molar-refractivity contribution is 0.112. The van der Waals surface area contributed by atoms with Crippen LogP contribution in [0.5, 0.6) is 0 Å². The Kier molecular flexibility index (Phi) is 4.60. The number of aryl methyl sites for hydroxylation is 2. The molecule has 0 bridgehead atoms. The number of aldehydes is 1. The first-order valence-corrected chi connectivity index (χ1v) is 11.3. The normalized spacial score (nSPS) is 19.9. The van der Waals surface area contributed by atoms with Crippen LogP contribution < -0.4 is 9.80 Å². The maximum absolute atomic E-state index is 11.8. The number of fused-ring (bicyclic) bond motifs is 2. The van der Waals surface area contributed by atoms with Crippen LogP contribution in [-0.2, 0) is 0 Å². The molecule has 2 aliphatic heterocycles. The molecule has 2 atom stereocenters. The number of pyridine rings is 2. The van der Waals surface area contributed by atoms with Crippen LogP contribution in [0.25, 0.3) is 16.9 Å². The summed E-state index contributed by atoms with van der Waals surface area (Å²) in [7, 11) is 0. The molecular formula is C25H25N7O. The van der Waals surface area contributed by atoms with Gasteiger partial charge in [-0.15, -0.1) is 0 Å². The lowest BCUT2D eigenvalue weighted by Gasteiger charge is -2.23. The monoisotopic (exact) mass is 439 g/mol. The van der Waals surface area contributed by atoms with Crippen molar-refractivity contribution in [1.29, 1.82) is 0 Å². The van der Waals surface area contributed by atoms with E-state index in [2.05, 4.69) is 30.8 Å². The Bertz CT molecular complexity index is 1320. The van der Waals surface area contributed by atoms with Crippen molar-refractivity contribution in [2.45, 2.75) is 13.8 Å². The number of hydrogen-bond acceptors (Lipinski definition) is 7. The van der Waals surface area contributed by atoms with Crippen molar-refractivity contribution < 1.29 is 4.79 Å². The Labute approximate surface area is 191 Å². The zero-order valence-electron chi connectivity index (χ0n) is 18.7. The van der Waals surface area contributed by atoms with Crippen molar-refractivity contribution in [3.05, 3.63) is 65.7 Å². The highest BCUT2D eigenvalue weighted by Crippen LogP contribution is 2.36. The molecule has 4 aromatic heterocycles. The van der Waals surface area contributed by atoms with Crippen LogP contribution in [-0.4, -0.2) is 57.0 Å². The highest BCUT2D eigenvalue weighted by molar-refractivity contribution is 5.94. The number of aromatic nitrogens is 5. The maximum atomic E-state index is 11.8. The number of carbonyl (C=O) groups excluding carboxylic acids is 1. The van der Waals surface area contributed by atoms with E-state index in [9.17, 15) is 4.79 Å². The highest BCUT2D eigenvalue weighted by Gasteiger charge is 2.41. The third kappa shape index (κ3) is 3.42. The molecule has 8 nitrogen and oxygen atoms in total. The number of rotatable bonds is 4. The van der Waals surface area contributed by atoms with Crippen LogP contribution in [0.2, 0.25) is 0 Å². The molecule has 6 rings (SSSR count). The van der Waals surface area contributed by atoms with Crippen LogP contribution in [0, 0.1) is 25.7 Å². The molecule has 2 aliphatic rings. The second-order valence-electron chi connectivity index (χ2n) is 9.09. The van der Waals surface area contributed by atoms with Crippen LogP contribution in [0.15, 0.2) is 48.8 Å². The van der Waals surface area contributed by atoms with Gasteiger partial charge in [0.2, 0.25) is 5.95 Å². The van der Waals surface area contributed by atoms with Gasteiger partial charge in [-0.05, 0) is 44.2 Å². The molecule has 0 spiro atoms. The minimum absolute atomic E-state index is 0.572. The van der Waals surface area contributed by atoms with Crippen molar-refractivity contribution in [2.75, 3.05) is 36.0 Å². The molecule has 0 unspecified atom stereocenters. The number of carbonyl (C=O) groups is 1.